The van der Waals surface area contributed by atoms with Crippen LogP contribution in [0.5, 0.6) is 0 Å². The summed E-state index contributed by atoms with van der Waals surface area (Å²) in [6, 6.07) is 0. The van der Waals surface area contributed by atoms with Crippen molar-refractivity contribution in [3.8, 4) is 0 Å². The minimum atomic E-state index is -0.208. The maximum Gasteiger partial charge on any atom is 0.107 e. The highest BCUT2D eigenvalue weighted by Gasteiger charge is 2.09. The second-order valence-corrected chi connectivity index (χ2v) is 2.88. The molecule has 0 saturated carbocycles. The van der Waals surface area contributed by atoms with Crippen LogP contribution in [0.2, 0.25) is 0 Å². The Labute approximate surface area is 77.9 Å². The number of halogens is 1. The standard InChI is InChI=1S/C11H13FO/c1-4-11-9(3)13-6-5-10(11)7-8(2)12/h4-5,7H,1,6H2,2-3H3/b8-7+. The largest absolute Gasteiger partial charge is 0.494 e. The number of ether oxygens (including phenoxy) is 1. The molecule has 2 heteroatoms. The Balaban J connectivity index is 3.03. The normalized spacial score (nSPS) is 18.1. The van der Waals surface area contributed by atoms with E-state index < -0.39 is 0 Å². The second kappa shape index (κ2) is 4.08. The Morgan fingerprint density at radius 1 is 1.69 bits per heavy atom. The fourth-order valence-electron chi connectivity index (χ4n) is 1.26. The van der Waals surface area contributed by atoms with Crippen LogP contribution < -0.4 is 0 Å². The zero-order valence-corrected chi connectivity index (χ0v) is 7.93. The molecule has 0 saturated heterocycles. The Morgan fingerprint density at radius 3 is 2.92 bits per heavy atom. The van der Waals surface area contributed by atoms with Gasteiger partial charge >= 0.3 is 0 Å². The van der Waals surface area contributed by atoms with Gasteiger partial charge in [-0.3, -0.25) is 0 Å². The molecule has 1 nitrogen and oxygen atoms in total. The Bertz CT molecular complexity index is 304. The minimum Gasteiger partial charge on any atom is -0.494 e. The third kappa shape index (κ3) is 2.31. The summed E-state index contributed by atoms with van der Waals surface area (Å²) in [7, 11) is 0. The molecule has 0 aromatic heterocycles. The lowest BCUT2D eigenvalue weighted by atomic mass is 10.0. The smallest absolute Gasteiger partial charge is 0.107 e. The summed E-state index contributed by atoms with van der Waals surface area (Å²) in [6.45, 7) is 7.44. The molecule has 0 fully saturated rings. The van der Waals surface area contributed by atoms with Crippen molar-refractivity contribution in [1.82, 2.24) is 0 Å². The van der Waals surface area contributed by atoms with Crippen LogP contribution in [-0.2, 0) is 4.74 Å². The van der Waals surface area contributed by atoms with Gasteiger partial charge in [-0.15, -0.1) is 0 Å². The van der Waals surface area contributed by atoms with Crippen LogP contribution in [0.4, 0.5) is 4.39 Å². The molecule has 0 atom stereocenters. The molecule has 0 N–H and O–H groups in total. The molecule has 1 aliphatic heterocycles. The number of allylic oxidation sites excluding steroid dienone is 6. The molecular formula is C11H13FO. The molecule has 0 spiro atoms. The topological polar surface area (TPSA) is 9.23 Å². The molecule has 0 bridgehead atoms. The molecule has 0 radical (unpaired) electrons. The third-order valence-electron chi connectivity index (χ3n) is 1.85. The van der Waals surface area contributed by atoms with Gasteiger partial charge in [-0.25, -0.2) is 4.39 Å². The number of hydrogen-bond acceptors (Lipinski definition) is 1. The lowest BCUT2D eigenvalue weighted by molar-refractivity contribution is 0.242. The van der Waals surface area contributed by atoms with Crippen LogP contribution in [0.15, 0.2) is 47.5 Å². The molecule has 0 aromatic carbocycles. The van der Waals surface area contributed by atoms with Crippen LogP contribution >= 0.6 is 0 Å². The molecule has 0 aliphatic carbocycles. The Hall–Kier alpha value is -1.31. The van der Waals surface area contributed by atoms with Crippen molar-refractivity contribution in [1.29, 1.82) is 0 Å². The van der Waals surface area contributed by atoms with E-state index in [1.807, 2.05) is 13.0 Å². The van der Waals surface area contributed by atoms with E-state index in [1.165, 1.54) is 13.0 Å². The first-order valence-corrected chi connectivity index (χ1v) is 4.15. The van der Waals surface area contributed by atoms with Gasteiger partial charge in [0.25, 0.3) is 0 Å². The first kappa shape index (κ1) is 9.78. The first-order valence-electron chi connectivity index (χ1n) is 4.15. The zero-order valence-electron chi connectivity index (χ0n) is 7.93. The van der Waals surface area contributed by atoms with Crippen molar-refractivity contribution >= 4 is 0 Å². The van der Waals surface area contributed by atoms with Gasteiger partial charge in [0.15, 0.2) is 0 Å². The van der Waals surface area contributed by atoms with E-state index >= 15 is 0 Å². The molecule has 70 valence electrons. The van der Waals surface area contributed by atoms with Gasteiger partial charge in [0.2, 0.25) is 0 Å². The van der Waals surface area contributed by atoms with E-state index in [9.17, 15) is 4.39 Å². The average molecular weight is 180 g/mol. The van der Waals surface area contributed by atoms with Crippen molar-refractivity contribution in [2.45, 2.75) is 13.8 Å². The van der Waals surface area contributed by atoms with E-state index in [4.69, 9.17) is 4.74 Å². The highest BCUT2D eigenvalue weighted by atomic mass is 19.1. The summed E-state index contributed by atoms with van der Waals surface area (Å²) in [5.41, 5.74) is 1.71. The molecular weight excluding hydrogens is 167 g/mol. The van der Waals surface area contributed by atoms with Crippen molar-refractivity contribution < 1.29 is 9.13 Å². The predicted octanol–water partition coefficient (Wildman–Crippen LogP) is 3.28. The van der Waals surface area contributed by atoms with E-state index in [0.29, 0.717) is 6.61 Å². The van der Waals surface area contributed by atoms with E-state index in [1.54, 1.807) is 6.08 Å². The minimum absolute atomic E-state index is 0.208. The van der Waals surface area contributed by atoms with Crippen LogP contribution in [0.25, 0.3) is 0 Å². The summed E-state index contributed by atoms with van der Waals surface area (Å²) in [5.74, 6) is 0.588. The first-order chi connectivity index (χ1) is 6.15. The average Bonchev–Trinajstić information content (AvgIpc) is 2.03. The van der Waals surface area contributed by atoms with Gasteiger partial charge in [0.1, 0.15) is 12.4 Å². The molecule has 0 amide bonds. The number of rotatable bonds is 2. The van der Waals surface area contributed by atoms with Gasteiger partial charge < -0.3 is 4.74 Å². The molecule has 0 aromatic rings. The molecule has 1 aliphatic rings. The van der Waals surface area contributed by atoms with Crippen molar-refractivity contribution in [2.24, 2.45) is 0 Å². The fraction of sp³-hybridized carbons (Fsp3) is 0.273. The molecule has 1 rings (SSSR count). The number of hydrogen-bond donors (Lipinski definition) is 0. The van der Waals surface area contributed by atoms with Gasteiger partial charge in [-0.05, 0) is 31.6 Å². The van der Waals surface area contributed by atoms with Gasteiger partial charge in [-0.1, -0.05) is 12.7 Å². The summed E-state index contributed by atoms with van der Waals surface area (Å²) in [5, 5.41) is 0. The quantitative estimate of drug-likeness (QED) is 0.633. The van der Waals surface area contributed by atoms with Crippen molar-refractivity contribution in [2.75, 3.05) is 6.61 Å². The lowest BCUT2D eigenvalue weighted by Crippen LogP contribution is -2.02. The van der Waals surface area contributed by atoms with E-state index in [0.717, 1.165) is 16.9 Å². The maximum absolute atomic E-state index is 12.6. The summed E-state index contributed by atoms with van der Waals surface area (Å²) in [6.07, 6.45) is 5.01. The maximum atomic E-state index is 12.6. The second-order valence-electron chi connectivity index (χ2n) is 2.88. The highest BCUT2D eigenvalue weighted by molar-refractivity contribution is 5.48. The van der Waals surface area contributed by atoms with Crippen LogP contribution in [-0.4, -0.2) is 6.61 Å². The summed E-state index contributed by atoms with van der Waals surface area (Å²) < 4.78 is 17.9. The van der Waals surface area contributed by atoms with Crippen molar-refractivity contribution in [3.05, 3.63) is 47.5 Å². The van der Waals surface area contributed by atoms with Crippen LogP contribution in [0.3, 0.4) is 0 Å². The Kier molecular flexibility index (Phi) is 3.07. The zero-order chi connectivity index (χ0) is 9.84. The Morgan fingerprint density at radius 2 is 2.38 bits per heavy atom. The fourth-order valence-corrected chi connectivity index (χ4v) is 1.26. The lowest BCUT2D eigenvalue weighted by Gasteiger charge is -2.15. The van der Waals surface area contributed by atoms with Crippen LogP contribution in [0.1, 0.15) is 13.8 Å². The monoisotopic (exact) mass is 180 g/mol. The molecule has 0 unspecified atom stereocenters. The summed E-state index contributed by atoms with van der Waals surface area (Å²) in [4.78, 5) is 0. The molecule has 1 heterocycles. The molecule has 13 heavy (non-hydrogen) atoms. The third-order valence-corrected chi connectivity index (χ3v) is 1.85. The predicted molar refractivity (Wildman–Crippen MR) is 51.8 cm³/mol. The van der Waals surface area contributed by atoms with E-state index in [2.05, 4.69) is 6.58 Å². The SMILES string of the molecule is C=CC1=C(C)OCC=C1/C=C(\C)F. The van der Waals surface area contributed by atoms with Gasteiger partial charge in [0, 0.05) is 5.57 Å². The van der Waals surface area contributed by atoms with Crippen LogP contribution in [0, 0.1) is 0 Å². The van der Waals surface area contributed by atoms with E-state index in [-0.39, 0.29) is 5.83 Å². The van der Waals surface area contributed by atoms with Crippen molar-refractivity contribution in [3.63, 3.8) is 0 Å². The highest BCUT2D eigenvalue weighted by Crippen LogP contribution is 2.23. The summed E-state index contributed by atoms with van der Waals surface area (Å²) >= 11 is 0. The van der Waals surface area contributed by atoms with Gasteiger partial charge in [0.05, 0.1) is 5.83 Å². The van der Waals surface area contributed by atoms with Gasteiger partial charge in [-0.2, -0.15) is 0 Å².